The average molecular weight is 485 g/mol. The Morgan fingerprint density at radius 2 is 1.77 bits per heavy atom. The van der Waals surface area contributed by atoms with Crippen molar-refractivity contribution < 1.29 is 28.6 Å². The van der Waals surface area contributed by atoms with E-state index in [4.69, 9.17) is 14.2 Å². The van der Waals surface area contributed by atoms with Crippen molar-refractivity contribution in [1.82, 2.24) is 0 Å². The van der Waals surface area contributed by atoms with Crippen LogP contribution >= 0.6 is 0 Å². The first-order valence-electron chi connectivity index (χ1n) is 14.3. The van der Waals surface area contributed by atoms with E-state index in [9.17, 15) is 14.4 Å². The van der Waals surface area contributed by atoms with Gasteiger partial charge in [-0.15, -0.1) is 0 Å². The zero-order valence-electron chi connectivity index (χ0n) is 21.5. The summed E-state index contributed by atoms with van der Waals surface area (Å²) in [4.78, 5) is 39.7. The van der Waals surface area contributed by atoms with E-state index in [2.05, 4.69) is 6.92 Å². The van der Waals surface area contributed by atoms with E-state index in [1.807, 2.05) is 20.8 Å². The molecule has 0 spiro atoms. The molecular formula is C29H40O6. The molecule has 1 heterocycles. The second kappa shape index (κ2) is 7.25. The molecule has 6 saturated carbocycles. The monoisotopic (exact) mass is 484 g/mol. The fourth-order valence-corrected chi connectivity index (χ4v) is 10.5. The van der Waals surface area contributed by atoms with Crippen LogP contribution in [0.3, 0.4) is 0 Å². The number of esters is 3. The van der Waals surface area contributed by atoms with Crippen LogP contribution in [0.25, 0.3) is 0 Å². The van der Waals surface area contributed by atoms with Crippen LogP contribution < -0.4 is 0 Å². The summed E-state index contributed by atoms with van der Waals surface area (Å²) in [5, 5.41) is 0. The van der Waals surface area contributed by atoms with Gasteiger partial charge in [0.2, 0.25) is 0 Å². The molecule has 0 N–H and O–H groups in total. The lowest BCUT2D eigenvalue weighted by atomic mass is 9.65. The molecule has 6 bridgehead atoms. The predicted molar refractivity (Wildman–Crippen MR) is 126 cm³/mol. The highest BCUT2D eigenvalue weighted by Gasteiger charge is 2.72. The first kappa shape index (κ1) is 22.6. The maximum absolute atomic E-state index is 13.9. The minimum Gasteiger partial charge on any atom is -0.459 e. The van der Waals surface area contributed by atoms with Crippen molar-refractivity contribution in [2.45, 2.75) is 96.9 Å². The summed E-state index contributed by atoms with van der Waals surface area (Å²) in [6, 6.07) is 0. The summed E-state index contributed by atoms with van der Waals surface area (Å²) in [5.74, 6) is 2.46. The molecule has 7 aliphatic rings. The minimum atomic E-state index is -0.605. The van der Waals surface area contributed by atoms with E-state index in [0.29, 0.717) is 24.7 Å². The van der Waals surface area contributed by atoms with E-state index in [1.54, 1.807) is 0 Å². The fraction of sp³-hybridized carbons (Fsp3) is 0.897. The molecule has 0 amide bonds. The van der Waals surface area contributed by atoms with Crippen LogP contribution in [0.1, 0.15) is 79.1 Å². The van der Waals surface area contributed by atoms with Crippen LogP contribution in [-0.4, -0.2) is 35.7 Å². The average Bonchev–Trinajstić information content (AvgIpc) is 3.66. The van der Waals surface area contributed by atoms with Crippen LogP contribution in [0.15, 0.2) is 0 Å². The van der Waals surface area contributed by atoms with E-state index in [1.165, 1.54) is 25.7 Å². The Morgan fingerprint density at radius 1 is 1.03 bits per heavy atom. The third kappa shape index (κ3) is 2.80. The van der Waals surface area contributed by atoms with Gasteiger partial charge >= 0.3 is 17.9 Å². The fourth-order valence-electron chi connectivity index (χ4n) is 10.5. The normalized spacial score (nSPS) is 52.2. The van der Waals surface area contributed by atoms with Gasteiger partial charge in [0.15, 0.2) is 0 Å². The predicted octanol–water partition coefficient (Wildman–Crippen LogP) is 4.54. The molecule has 0 aromatic rings. The Kier molecular flexibility index (Phi) is 4.68. The van der Waals surface area contributed by atoms with Crippen molar-refractivity contribution in [3.63, 3.8) is 0 Å². The SMILES string of the molecule is CCC(C)(C)C(=O)OC1C2CC3C1OC(=O)C3C2C(=O)OC1(CC)CC2CC1C1C3CCC(C3)C21. The summed E-state index contributed by atoms with van der Waals surface area (Å²) >= 11 is 0. The van der Waals surface area contributed by atoms with Crippen LogP contribution in [0.4, 0.5) is 0 Å². The van der Waals surface area contributed by atoms with Crippen molar-refractivity contribution in [2.24, 2.45) is 64.6 Å². The molecule has 6 nitrogen and oxygen atoms in total. The second-order valence-electron chi connectivity index (χ2n) is 13.8. The Labute approximate surface area is 208 Å². The highest BCUT2D eigenvalue weighted by atomic mass is 16.6. The number of hydrogen-bond donors (Lipinski definition) is 0. The Balaban J connectivity index is 1.13. The van der Waals surface area contributed by atoms with Gasteiger partial charge in [-0.25, -0.2) is 0 Å². The van der Waals surface area contributed by atoms with Gasteiger partial charge in [-0.1, -0.05) is 13.8 Å². The number of carbonyl (C=O) groups excluding carboxylic acids is 3. The van der Waals surface area contributed by atoms with Crippen molar-refractivity contribution in [2.75, 3.05) is 0 Å². The first-order valence-corrected chi connectivity index (χ1v) is 14.3. The molecule has 0 radical (unpaired) electrons. The van der Waals surface area contributed by atoms with Gasteiger partial charge in [0.1, 0.15) is 17.8 Å². The smallest absolute Gasteiger partial charge is 0.311 e. The van der Waals surface area contributed by atoms with Gasteiger partial charge in [0, 0.05) is 17.8 Å². The van der Waals surface area contributed by atoms with Gasteiger partial charge in [0.05, 0.1) is 17.3 Å². The lowest BCUT2D eigenvalue weighted by Crippen LogP contribution is -2.51. The molecule has 7 rings (SSSR count). The highest BCUT2D eigenvalue weighted by Crippen LogP contribution is 2.71. The molecule has 1 aliphatic heterocycles. The molecule has 7 fully saturated rings. The maximum atomic E-state index is 13.9. The zero-order chi connectivity index (χ0) is 24.4. The Hall–Kier alpha value is -1.59. The van der Waals surface area contributed by atoms with Crippen molar-refractivity contribution in [3.8, 4) is 0 Å². The molecule has 13 atom stereocenters. The third-order valence-corrected chi connectivity index (χ3v) is 12.3. The number of fused-ring (bicyclic) bond motifs is 10. The van der Waals surface area contributed by atoms with E-state index < -0.39 is 29.5 Å². The van der Waals surface area contributed by atoms with Gasteiger partial charge < -0.3 is 14.2 Å². The molecule has 0 aromatic carbocycles. The summed E-state index contributed by atoms with van der Waals surface area (Å²) < 4.78 is 18.3. The molecular weight excluding hydrogens is 444 g/mol. The quantitative estimate of drug-likeness (QED) is 0.313. The summed E-state index contributed by atoms with van der Waals surface area (Å²) in [5.41, 5.74) is -0.986. The van der Waals surface area contributed by atoms with Gasteiger partial charge in [-0.05, 0) is 94.8 Å². The number of carbonyl (C=O) groups is 3. The van der Waals surface area contributed by atoms with Gasteiger partial charge in [0.25, 0.3) is 0 Å². The van der Waals surface area contributed by atoms with E-state index in [-0.39, 0.29) is 35.3 Å². The number of hydrogen-bond acceptors (Lipinski definition) is 6. The second-order valence-corrected chi connectivity index (χ2v) is 13.8. The Bertz CT molecular complexity index is 972. The topological polar surface area (TPSA) is 78.9 Å². The summed E-state index contributed by atoms with van der Waals surface area (Å²) in [7, 11) is 0. The van der Waals surface area contributed by atoms with Crippen LogP contribution in [0, 0.1) is 64.6 Å². The van der Waals surface area contributed by atoms with Crippen LogP contribution in [0.2, 0.25) is 0 Å². The minimum absolute atomic E-state index is 0.0415. The van der Waals surface area contributed by atoms with Crippen LogP contribution in [0.5, 0.6) is 0 Å². The molecule has 35 heavy (non-hydrogen) atoms. The van der Waals surface area contributed by atoms with Crippen molar-refractivity contribution in [1.29, 1.82) is 0 Å². The number of ether oxygens (including phenoxy) is 3. The molecule has 1 saturated heterocycles. The third-order valence-electron chi connectivity index (χ3n) is 12.3. The van der Waals surface area contributed by atoms with Crippen molar-refractivity contribution in [3.05, 3.63) is 0 Å². The first-order chi connectivity index (χ1) is 16.7. The van der Waals surface area contributed by atoms with Gasteiger partial charge in [-0.2, -0.15) is 0 Å². The van der Waals surface area contributed by atoms with Crippen molar-refractivity contribution >= 4 is 17.9 Å². The lowest BCUT2D eigenvalue weighted by molar-refractivity contribution is -0.186. The van der Waals surface area contributed by atoms with E-state index in [0.717, 1.165) is 36.5 Å². The lowest BCUT2D eigenvalue weighted by Gasteiger charge is -2.46. The molecule has 6 heteroatoms. The van der Waals surface area contributed by atoms with Crippen LogP contribution in [-0.2, 0) is 28.6 Å². The summed E-state index contributed by atoms with van der Waals surface area (Å²) in [6.45, 7) is 7.89. The molecule has 13 unspecified atom stereocenters. The molecule has 0 aromatic heterocycles. The molecule has 6 aliphatic carbocycles. The standard InChI is InChI=1S/C29H40O6/c1-5-28(3,4)27(32)34-24-17-11-16-21(25(30)33-23(16)24)22(17)26(31)35-29(6-2)12-15-10-18(29)20-14-8-7-13(9-14)19(15)20/h13-24H,5-12H2,1-4H3. The zero-order valence-corrected chi connectivity index (χ0v) is 21.5. The highest BCUT2D eigenvalue weighted by molar-refractivity contribution is 5.86. The number of rotatable bonds is 6. The summed E-state index contributed by atoms with van der Waals surface area (Å²) in [6.07, 6.45) is 7.61. The van der Waals surface area contributed by atoms with E-state index >= 15 is 0 Å². The largest absolute Gasteiger partial charge is 0.459 e. The van der Waals surface area contributed by atoms with Gasteiger partial charge in [-0.3, -0.25) is 14.4 Å². The maximum Gasteiger partial charge on any atom is 0.311 e. The Morgan fingerprint density at radius 3 is 2.49 bits per heavy atom. The molecule has 192 valence electrons.